The summed E-state index contributed by atoms with van der Waals surface area (Å²) < 4.78 is 23.8. The van der Waals surface area contributed by atoms with E-state index >= 15 is 0 Å². The highest BCUT2D eigenvalue weighted by atomic mass is 35.5. The summed E-state index contributed by atoms with van der Waals surface area (Å²) in [4.78, 5) is 18.6. The largest absolute Gasteiger partial charge is 0.482 e. The van der Waals surface area contributed by atoms with Crippen LogP contribution in [0.2, 0.25) is 5.02 Å². The molecule has 2 aromatic rings. The minimum atomic E-state index is -0.436. The van der Waals surface area contributed by atoms with E-state index in [-0.39, 0.29) is 29.1 Å². The smallest absolute Gasteiger partial charge is 0.275 e. The number of rotatable bonds is 4. The third-order valence-corrected chi connectivity index (χ3v) is 4.45. The fourth-order valence-electron chi connectivity index (χ4n) is 2.82. The number of aromatic nitrogens is 1. The van der Waals surface area contributed by atoms with Crippen LogP contribution in [0.4, 0.5) is 4.39 Å². The van der Waals surface area contributed by atoms with Crippen LogP contribution in [-0.2, 0) is 6.61 Å². The Bertz CT molecular complexity index is 727. The number of ether oxygens (including phenoxy) is 1. The molecule has 1 aromatic carbocycles. The third-order valence-electron chi connectivity index (χ3n) is 4.16. The van der Waals surface area contributed by atoms with Crippen molar-refractivity contribution in [2.24, 2.45) is 0 Å². The molecule has 5 nitrogen and oxygen atoms in total. The SMILES string of the molecule is O=C(c1coc(COc2ccc(F)cc2Cl)n1)N1CCCCCCC1. The minimum Gasteiger partial charge on any atom is -0.482 e. The first-order valence-electron chi connectivity index (χ1n) is 8.45. The Hall–Kier alpha value is -2.08. The molecule has 25 heavy (non-hydrogen) atoms. The van der Waals surface area contributed by atoms with Gasteiger partial charge in [0.15, 0.2) is 12.3 Å². The van der Waals surface area contributed by atoms with E-state index in [4.69, 9.17) is 20.8 Å². The molecule has 3 rings (SSSR count). The van der Waals surface area contributed by atoms with Crippen LogP contribution >= 0.6 is 11.6 Å². The Balaban J connectivity index is 1.60. The molecule has 1 aromatic heterocycles. The van der Waals surface area contributed by atoms with Gasteiger partial charge in [0.1, 0.15) is 17.8 Å². The molecule has 0 aliphatic carbocycles. The Kier molecular flexibility index (Phi) is 5.91. The summed E-state index contributed by atoms with van der Waals surface area (Å²) in [6.07, 6.45) is 6.93. The third kappa shape index (κ3) is 4.72. The zero-order valence-corrected chi connectivity index (χ0v) is 14.6. The number of amides is 1. The Labute approximate surface area is 150 Å². The standard InChI is InChI=1S/C18H20ClFN2O3/c19-14-10-13(20)6-7-16(14)24-12-17-21-15(11-25-17)18(23)22-8-4-2-1-3-5-9-22/h6-7,10-11H,1-5,8-9,12H2. The predicted octanol–water partition coefficient (Wildman–Crippen LogP) is 4.45. The maximum atomic E-state index is 13.0. The maximum absolute atomic E-state index is 13.0. The molecule has 1 aliphatic heterocycles. The molecular weight excluding hydrogens is 347 g/mol. The van der Waals surface area contributed by atoms with Crippen molar-refractivity contribution in [1.82, 2.24) is 9.88 Å². The van der Waals surface area contributed by atoms with E-state index in [0.717, 1.165) is 38.8 Å². The second kappa shape index (κ2) is 8.34. The highest BCUT2D eigenvalue weighted by molar-refractivity contribution is 6.32. The van der Waals surface area contributed by atoms with Gasteiger partial charge in [-0.3, -0.25) is 4.79 Å². The molecule has 0 saturated carbocycles. The predicted molar refractivity (Wildman–Crippen MR) is 91.2 cm³/mol. The van der Waals surface area contributed by atoms with Crippen molar-refractivity contribution in [2.75, 3.05) is 13.1 Å². The quantitative estimate of drug-likeness (QED) is 0.802. The van der Waals surface area contributed by atoms with Crippen molar-refractivity contribution in [1.29, 1.82) is 0 Å². The highest BCUT2D eigenvalue weighted by Crippen LogP contribution is 2.25. The van der Waals surface area contributed by atoms with Gasteiger partial charge in [0.2, 0.25) is 5.89 Å². The van der Waals surface area contributed by atoms with Crippen LogP contribution in [0.5, 0.6) is 5.75 Å². The van der Waals surface area contributed by atoms with E-state index in [1.165, 1.54) is 30.9 Å². The molecule has 0 unspecified atom stereocenters. The average Bonchev–Trinajstić information content (AvgIpc) is 3.02. The molecule has 0 N–H and O–H groups in total. The lowest BCUT2D eigenvalue weighted by Crippen LogP contribution is -2.34. The summed E-state index contributed by atoms with van der Waals surface area (Å²) in [7, 11) is 0. The fourth-order valence-corrected chi connectivity index (χ4v) is 3.04. The van der Waals surface area contributed by atoms with Gasteiger partial charge in [-0.2, -0.15) is 0 Å². The van der Waals surface area contributed by atoms with Crippen LogP contribution in [-0.4, -0.2) is 28.9 Å². The maximum Gasteiger partial charge on any atom is 0.275 e. The number of likely N-dealkylation sites (tertiary alicyclic amines) is 1. The van der Waals surface area contributed by atoms with Gasteiger partial charge in [0.25, 0.3) is 5.91 Å². The molecule has 0 radical (unpaired) electrons. The van der Waals surface area contributed by atoms with Crippen molar-refractivity contribution < 1.29 is 18.3 Å². The lowest BCUT2D eigenvalue weighted by Gasteiger charge is -2.23. The average molecular weight is 367 g/mol. The number of hydrogen-bond acceptors (Lipinski definition) is 4. The van der Waals surface area contributed by atoms with Gasteiger partial charge in [-0.15, -0.1) is 0 Å². The number of carbonyl (C=O) groups excluding carboxylic acids is 1. The Morgan fingerprint density at radius 2 is 1.96 bits per heavy atom. The number of carbonyl (C=O) groups is 1. The monoisotopic (exact) mass is 366 g/mol. The van der Waals surface area contributed by atoms with E-state index in [9.17, 15) is 9.18 Å². The highest BCUT2D eigenvalue weighted by Gasteiger charge is 2.20. The van der Waals surface area contributed by atoms with E-state index in [1.54, 1.807) is 0 Å². The molecule has 2 heterocycles. The molecule has 1 fully saturated rings. The van der Waals surface area contributed by atoms with Crippen molar-refractivity contribution in [3.05, 3.63) is 46.9 Å². The van der Waals surface area contributed by atoms with E-state index < -0.39 is 5.82 Å². The minimum absolute atomic E-state index is 0.0125. The van der Waals surface area contributed by atoms with Crippen LogP contribution in [0.25, 0.3) is 0 Å². The van der Waals surface area contributed by atoms with Gasteiger partial charge >= 0.3 is 0 Å². The lowest BCUT2D eigenvalue weighted by molar-refractivity contribution is 0.0736. The van der Waals surface area contributed by atoms with Crippen LogP contribution in [0.1, 0.15) is 48.5 Å². The second-order valence-electron chi connectivity index (χ2n) is 6.05. The van der Waals surface area contributed by atoms with Crippen molar-refractivity contribution >= 4 is 17.5 Å². The summed E-state index contributed by atoms with van der Waals surface area (Å²) in [5, 5.41) is 0.170. The molecule has 7 heteroatoms. The zero-order valence-electron chi connectivity index (χ0n) is 13.8. The first-order valence-corrected chi connectivity index (χ1v) is 8.83. The van der Waals surface area contributed by atoms with Crippen LogP contribution in [0.15, 0.2) is 28.9 Å². The van der Waals surface area contributed by atoms with Crippen LogP contribution in [0.3, 0.4) is 0 Å². The van der Waals surface area contributed by atoms with Crippen molar-refractivity contribution in [3.8, 4) is 5.75 Å². The number of hydrogen-bond donors (Lipinski definition) is 0. The molecule has 0 atom stereocenters. The summed E-state index contributed by atoms with van der Waals surface area (Å²) in [5.41, 5.74) is 0.282. The summed E-state index contributed by atoms with van der Waals surface area (Å²) in [6.45, 7) is 1.52. The molecule has 1 saturated heterocycles. The molecule has 0 spiro atoms. The van der Waals surface area contributed by atoms with Gasteiger partial charge in [-0.25, -0.2) is 9.37 Å². The molecule has 134 valence electrons. The van der Waals surface area contributed by atoms with E-state index in [0.29, 0.717) is 5.75 Å². The first-order chi connectivity index (χ1) is 12.1. The number of oxazole rings is 1. The normalized spacial score (nSPS) is 15.5. The fraction of sp³-hybridized carbons (Fsp3) is 0.444. The molecule has 1 amide bonds. The van der Waals surface area contributed by atoms with E-state index in [2.05, 4.69) is 4.98 Å². The van der Waals surface area contributed by atoms with E-state index in [1.807, 2.05) is 4.90 Å². The first kappa shape index (κ1) is 17.7. The summed E-state index contributed by atoms with van der Waals surface area (Å²) >= 11 is 5.90. The topological polar surface area (TPSA) is 55.6 Å². The number of halogens is 2. The van der Waals surface area contributed by atoms with Crippen molar-refractivity contribution in [2.45, 2.75) is 38.7 Å². The number of nitrogens with zero attached hydrogens (tertiary/aromatic N) is 2. The van der Waals surface area contributed by atoms with Gasteiger partial charge < -0.3 is 14.1 Å². The Morgan fingerprint density at radius 1 is 1.24 bits per heavy atom. The van der Waals surface area contributed by atoms with Crippen molar-refractivity contribution in [3.63, 3.8) is 0 Å². The van der Waals surface area contributed by atoms with Gasteiger partial charge in [-0.1, -0.05) is 30.9 Å². The second-order valence-corrected chi connectivity index (χ2v) is 6.46. The van der Waals surface area contributed by atoms with Gasteiger partial charge in [0.05, 0.1) is 5.02 Å². The summed E-state index contributed by atoms with van der Waals surface area (Å²) in [5.74, 6) is 0.0556. The molecular formula is C18H20ClFN2O3. The molecule has 1 aliphatic rings. The lowest BCUT2D eigenvalue weighted by atomic mass is 10.1. The number of benzene rings is 1. The van der Waals surface area contributed by atoms with Crippen LogP contribution in [0, 0.1) is 5.82 Å². The van der Waals surface area contributed by atoms with Gasteiger partial charge in [-0.05, 0) is 31.0 Å². The Morgan fingerprint density at radius 3 is 2.68 bits per heavy atom. The zero-order chi connectivity index (χ0) is 17.6. The molecule has 0 bridgehead atoms. The van der Waals surface area contributed by atoms with Crippen LogP contribution < -0.4 is 4.74 Å². The van der Waals surface area contributed by atoms with Gasteiger partial charge in [0, 0.05) is 13.1 Å². The summed E-state index contributed by atoms with van der Waals surface area (Å²) in [6, 6.07) is 3.86.